The number of rotatable bonds is 4. The molecule has 0 saturated heterocycles. The van der Waals surface area contributed by atoms with Crippen LogP contribution in [0.1, 0.15) is 26.3 Å². The Morgan fingerprint density at radius 1 is 1.10 bits per heavy atom. The van der Waals surface area contributed by atoms with Crippen molar-refractivity contribution in [1.82, 2.24) is 5.32 Å². The maximum absolute atomic E-state index is 13.1. The van der Waals surface area contributed by atoms with Crippen LogP contribution in [0.5, 0.6) is 11.5 Å². The molecule has 0 radical (unpaired) electrons. The zero-order chi connectivity index (χ0) is 15.5. The molecule has 2 aromatic carbocycles. The molecule has 2 rings (SSSR count). The van der Waals surface area contributed by atoms with Gasteiger partial charge in [0.05, 0.1) is 0 Å². The van der Waals surface area contributed by atoms with Crippen molar-refractivity contribution in [3.8, 4) is 11.5 Å². The Labute approximate surface area is 129 Å². The van der Waals surface area contributed by atoms with Gasteiger partial charge in [0, 0.05) is 23.2 Å². The first-order chi connectivity index (χ1) is 9.83. The fraction of sp³-hybridized carbons (Fsp3) is 0.294. The fourth-order valence-electron chi connectivity index (χ4n) is 1.76. The second-order valence-corrected chi connectivity index (χ2v) is 6.32. The molecule has 0 aliphatic rings. The number of hydrogen-bond donors (Lipinski definition) is 1. The lowest BCUT2D eigenvalue weighted by atomic mass is 10.1. The van der Waals surface area contributed by atoms with Crippen LogP contribution in [0.15, 0.2) is 42.5 Å². The minimum Gasteiger partial charge on any atom is -0.457 e. The molecule has 21 heavy (non-hydrogen) atoms. The standard InChI is InChI=1S/C17H19ClFNO/c1-17(2,3)20-11-12-7-8-15(10-16(12)18)21-14-6-4-5-13(19)9-14/h4-10,20H,11H2,1-3H3. The first kappa shape index (κ1) is 15.8. The van der Waals surface area contributed by atoms with Crippen LogP contribution in [0.2, 0.25) is 5.02 Å². The van der Waals surface area contributed by atoms with E-state index in [1.165, 1.54) is 12.1 Å². The zero-order valence-corrected chi connectivity index (χ0v) is 13.2. The highest BCUT2D eigenvalue weighted by molar-refractivity contribution is 6.31. The molecule has 0 fully saturated rings. The molecule has 0 bridgehead atoms. The summed E-state index contributed by atoms with van der Waals surface area (Å²) >= 11 is 6.26. The predicted molar refractivity (Wildman–Crippen MR) is 84.5 cm³/mol. The van der Waals surface area contributed by atoms with Gasteiger partial charge in [0.15, 0.2) is 0 Å². The quantitative estimate of drug-likeness (QED) is 0.842. The highest BCUT2D eigenvalue weighted by Gasteiger charge is 2.10. The maximum atomic E-state index is 13.1. The van der Waals surface area contributed by atoms with E-state index in [9.17, 15) is 4.39 Å². The van der Waals surface area contributed by atoms with E-state index in [0.717, 1.165) is 5.56 Å². The van der Waals surface area contributed by atoms with E-state index in [2.05, 4.69) is 26.1 Å². The molecule has 0 heterocycles. The van der Waals surface area contributed by atoms with E-state index >= 15 is 0 Å². The van der Waals surface area contributed by atoms with Crippen LogP contribution < -0.4 is 10.1 Å². The summed E-state index contributed by atoms with van der Waals surface area (Å²) in [6, 6.07) is 11.5. The number of hydrogen-bond acceptors (Lipinski definition) is 2. The second-order valence-electron chi connectivity index (χ2n) is 5.92. The van der Waals surface area contributed by atoms with Crippen LogP contribution in [0, 0.1) is 5.82 Å². The first-order valence-corrected chi connectivity index (χ1v) is 7.18. The van der Waals surface area contributed by atoms with Crippen LogP contribution >= 0.6 is 11.6 Å². The molecule has 0 atom stereocenters. The van der Waals surface area contributed by atoms with Crippen molar-refractivity contribution < 1.29 is 9.13 Å². The van der Waals surface area contributed by atoms with E-state index in [1.807, 2.05) is 12.1 Å². The molecule has 2 aromatic rings. The van der Waals surface area contributed by atoms with Gasteiger partial charge in [0.25, 0.3) is 0 Å². The summed E-state index contributed by atoms with van der Waals surface area (Å²) in [5.41, 5.74) is 1.03. The fourth-order valence-corrected chi connectivity index (χ4v) is 2.00. The van der Waals surface area contributed by atoms with Crippen molar-refractivity contribution in [2.45, 2.75) is 32.9 Å². The Morgan fingerprint density at radius 3 is 2.43 bits per heavy atom. The Hall–Kier alpha value is -1.58. The lowest BCUT2D eigenvalue weighted by Crippen LogP contribution is -2.35. The van der Waals surface area contributed by atoms with Crippen LogP contribution in [0.25, 0.3) is 0 Å². The number of halogens is 2. The summed E-state index contributed by atoms with van der Waals surface area (Å²) in [6.45, 7) is 6.98. The van der Waals surface area contributed by atoms with E-state index in [1.54, 1.807) is 18.2 Å². The Kier molecular flexibility index (Phi) is 4.86. The molecule has 0 aliphatic carbocycles. The molecule has 0 unspecified atom stereocenters. The van der Waals surface area contributed by atoms with Crippen molar-refractivity contribution >= 4 is 11.6 Å². The third-order valence-electron chi connectivity index (χ3n) is 2.87. The van der Waals surface area contributed by atoms with Crippen LogP contribution in [-0.4, -0.2) is 5.54 Å². The second kappa shape index (κ2) is 6.46. The molecule has 1 N–H and O–H groups in total. The topological polar surface area (TPSA) is 21.3 Å². The molecule has 0 spiro atoms. The monoisotopic (exact) mass is 307 g/mol. The van der Waals surface area contributed by atoms with Crippen molar-refractivity contribution in [3.05, 3.63) is 58.9 Å². The van der Waals surface area contributed by atoms with Gasteiger partial charge in [0.1, 0.15) is 17.3 Å². The van der Waals surface area contributed by atoms with E-state index < -0.39 is 0 Å². The Morgan fingerprint density at radius 2 is 1.81 bits per heavy atom. The summed E-state index contributed by atoms with van der Waals surface area (Å²) in [5.74, 6) is 0.710. The van der Waals surface area contributed by atoms with Gasteiger partial charge in [-0.15, -0.1) is 0 Å². The van der Waals surface area contributed by atoms with Gasteiger partial charge in [-0.05, 0) is 50.6 Å². The van der Waals surface area contributed by atoms with Gasteiger partial charge in [0.2, 0.25) is 0 Å². The molecule has 112 valence electrons. The van der Waals surface area contributed by atoms with Gasteiger partial charge >= 0.3 is 0 Å². The summed E-state index contributed by atoms with van der Waals surface area (Å²) in [7, 11) is 0. The minimum absolute atomic E-state index is 0.0278. The molecular formula is C17H19ClFNO. The Balaban J connectivity index is 2.08. The summed E-state index contributed by atoms with van der Waals surface area (Å²) in [4.78, 5) is 0. The van der Waals surface area contributed by atoms with Crippen molar-refractivity contribution in [3.63, 3.8) is 0 Å². The predicted octanol–water partition coefficient (Wildman–Crippen LogP) is 5.16. The normalized spacial score (nSPS) is 11.5. The van der Waals surface area contributed by atoms with Gasteiger partial charge in [-0.25, -0.2) is 4.39 Å². The molecule has 4 heteroatoms. The minimum atomic E-state index is -0.329. The SMILES string of the molecule is CC(C)(C)NCc1ccc(Oc2cccc(F)c2)cc1Cl. The van der Waals surface area contributed by atoms with Crippen molar-refractivity contribution in [2.24, 2.45) is 0 Å². The number of benzene rings is 2. The van der Waals surface area contributed by atoms with E-state index in [-0.39, 0.29) is 11.4 Å². The van der Waals surface area contributed by atoms with Crippen LogP contribution in [-0.2, 0) is 6.54 Å². The van der Waals surface area contributed by atoms with Gasteiger partial charge in [-0.2, -0.15) is 0 Å². The zero-order valence-electron chi connectivity index (χ0n) is 12.4. The van der Waals surface area contributed by atoms with Gasteiger partial charge < -0.3 is 10.1 Å². The third-order valence-corrected chi connectivity index (χ3v) is 3.22. The lowest BCUT2D eigenvalue weighted by molar-refractivity contribution is 0.424. The molecule has 0 aromatic heterocycles. The van der Waals surface area contributed by atoms with Gasteiger partial charge in [-0.1, -0.05) is 23.7 Å². The lowest BCUT2D eigenvalue weighted by Gasteiger charge is -2.21. The molecule has 0 aliphatic heterocycles. The van der Waals surface area contributed by atoms with Crippen molar-refractivity contribution in [1.29, 1.82) is 0 Å². The number of nitrogens with one attached hydrogen (secondary N) is 1. The molecular weight excluding hydrogens is 289 g/mol. The van der Waals surface area contributed by atoms with Crippen molar-refractivity contribution in [2.75, 3.05) is 0 Å². The average molecular weight is 308 g/mol. The summed E-state index contributed by atoms with van der Waals surface area (Å²) in [6.07, 6.45) is 0. The molecule has 0 amide bonds. The average Bonchev–Trinajstić information content (AvgIpc) is 2.36. The molecule has 0 saturated carbocycles. The summed E-state index contributed by atoms with van der Waals surface area (Å²) < 4.78 is 18.7. The summed E-state index contributed by atoms with van der Waals surface area (Å²) in [5, 5.41) is 4.01. The highest BCUT2D eigenvalue weighted by atomic mass is 35.5. The van der Waals surface area contributed by atoms with E-state index in [0.29, 0.717) is 23.1 Å². The smallest absolute Gasteiger partial charge is 0.130 e. The number of ether oxygens (including phenoxy) is 1. The Bertz CT molecular complexity index is 622. The van der Waals surface area contributed by atoms with Crippen LogP contribution in [0.3, 0.4) is 0 Å². The van der Waals surface area contributed by atoms with Crippen LogP contribution in [0.4, 0.5) is 4.39 Å². The third kappa shape index (κ3) is 5.03. The first-order valence-electron chi connectivity index (χ1n) is 6.80. The highest BCUT2D eigenvalue weighted by Crippen LogP contribution is 2.27. The maximum Gasteiger partial charge on any atom is 0.130 e. The largest absolute Gasteiger partial charge is 0.457 e. The van der Waals surface area contributed by atoms with E-state index in [4.69, 9.17) is 16.3 Å². The van der Waals surface area contributed by atoms with Gasteiger partial charge in [-0.3, -0.25) is 0 Å². The molecule has 2 nitrogen and oxygen atoms in total.